The molecule has 1 aliphatic rings. The van der Waals surface area contributed by atoms with Crippen molar-refractivity contribution >= 4 is 21.9 Å². The highest BCUT2D eigenvalue weighted by Crippen LogP contribution is 2.38. The maximum absolute atomic E-state index is 11.9. The number of hydrogen-bond donors (Lipinski definition) is 2. The molecule has 0 radical (unpaired) electrons. The van der Waals surface area contributed by atoms with Crippen LogP contribution in [0.15, 0.2) is 29.2 Å². The number of hydrogen-bond acceptors (Lipinski definition) is 4. The zero-order chi connectivity index (χ0) is 14.2. The van der Waals surface area contributed by atoms with Crippen molar-refractivity contribution in [2.45, 2.75) is 18.2 Å². The molecule has 2 atom stereocenters. The summed E-state index contributed by atoms with van der Waals surface area (Å²) >= 11 is 0. The van der Waals surface area contributed by atoms with Crippen molar-refractivity contribution in [1.29, 1.82) is 0 Å². The normalized spacial score (nSPS) is 21.7. The van der Waals surface area contributed by atoms with Gasteiger partial charge >= 0.3 is 5.97 Å². The Hall–Kier alpha value is -1.89. The summed E-state index contributed by atoms with van der Waals surface area (Å²) in [6, 6.07) is 6.13. The summed E-state index contributed by atoms with van der Waals surface area (Å²) in [7, 11) is -3.93. The topological polar surface area (TPSA) is 101 Å². The molecule has 0 aliphatic heterocycles. The molecule has 0 saturated heterocycles. The molecule has 0 aromatic heterocycles. The highest BCUT2D eigenvalue weighted by molar-refractivity contribution is 7.90. The smallest absolute Gasteiger partial charge is 0.307 e. The molecule has 1 aromatic rings. The zero-order valence-electron chi connectivity index (χ0n) is 10.2. The standard InChI is InChI=1S/C12H13NO5S/c1-7-3-2-4-8(5-7)19(17,18)13-11(14)9-6-10(9)12(15)16/h2-5,9-10H,6H2,1H3,(H,13,14)(H,15,16)/t9-,10-/m1/s1. The lowest BCUT2D eigenvalue weighted by Crippen LogP contribution is -2.32. The number of carbonyl (C=O) groups is 2. The van der Waals surface area contributed by atoms with Gasteiger partial charge in [-0.15, -0.1) is 0 Å². The van der Waals surface area contributed by atoms with Crippen LogP contribution in [0.2, 0.25) is 0 Å². The van der Waals surface area contributed by atoms with E-state index in [1.807, 2.05) is 4.72 Å². The van der Waals surface area contributed by atoms with E-state index in [1.54, 1.807) is 19.1 Å². The highest BCUT2D eigenvalue weighted by atomic mass is 32.2. The summed E-state index contributed by atoms with van der Waals surface area (Å²) in [6.07, 6.45) is 0.185. The minimum absolute atomic E-state index is 0.00613. The van der Waals surface area contributed by atoms with E-state index in [0.29, 0.717) is 0 Å². The van der Waals surface area contributed by atoms with Crippen molar-refractivity contribution in [2.75, 3.05) is 0 Å². The molecule has 0 spiro atoms. The average molecular weight is 283 g/mol. The first-order chi connectivity index (χ1) is 8.81. The third-order valence-electron chi connectivity index (χ3n) is 2.98. The number of nitrogens with one attached hydrogen (secondary N) is 1. The van der Waals surface area contributed by atoms with Crippen LogP contribution >= 0.6 is 0 Å². The first-order valence-corrected chi connectivity index (χ1v) is 7.16. The van der Waals surface area contributed by atoms with Crippen molar-refractivity contribution in [3.63, 3.8) is 0 Å². The van der Waals surface area contributed by atoms with E-state index >= 15 is 0 Å². The number of sulfonamides is 1. The number of amides is 1. The van der Waals surface area contributed by atoms with Gasteiger partial charge in [-0.1, -0.05) is 12.1 Å². The SMILES string of the molecule is Cc1cccc(S(=O)(=O)NC(=O)[C@@H]2C[C@H]2C(=O)O)c1. The zero-order valence-corrected chi connectivity index (χ0v) is 11.0. The second-order valence-corrected chi connectivity index (χ2v) is 6.26. The van der Waals surface area contributed by atoms with E-state index in [0.717, 1.165) is 5.56 Å². The van der Waals surface area contributed by atoms with Gasteiger partial charge in [0, 0.05) is 0 Å². The number of carboxylic acids is 1. The highest BCUT2D eigenvalue weighted by Gasteiger charge is 2.49. The first kappa shape index (κ1) is 13.5. The minimum atomic E-state index is -3.93. The predicted molar refractivity (Wildman–Crippen MR) is 65.7 cm³/mol. The summed E-state index contributed by atoms with van der Waals surface area (Å²) in [5, 5.41) is 8.69. The Balaban J connectivity index is 2.11. The Bertz CT molecular complexity index is 637. The number of carboxylic acid groups (broad SMARTS) is 1. The Morgan fingerprint density at radius 1 is 1.32 bits per heavy atom. The molecule has 1 amide bonds. The molecule has 1 aliphatic carbocycles. The fraction of sp³-hybridized carbons (Fsp3) is 0.333. The van der Waals surface area contributed by atoms with Gasteiger partial charge in [-0.25, -0.2) is 13.1 Å². The van der Waals surface area contributed by atoms with Gasteiger partial charge in [-0.05, 0) is 31.0 Å². The van der Waals surface area contributed by atoms with Crippen LogP contribution in [0.3, 0.4) is 0 Å². The van der Waals surface area contributed by atoms with Crippen molar-refractivity contribution < 1.29 is 23.1 Å². The number of aliphatic carboxylic acids is 1. The molecule has 1 aromatic carbocycles. The van der Waals surface area contributed by atoms with E-state index < -0.39 is 33.7 Å². The van der Waals surface area contributed by atoms with Crippen LogP contribution in [0.4, 0.5) is 0 Å². The molecule has 1 fully saturated rings. The van der Waals surface area contributed by atoms with E-state index in [9.17, 15) is 18.0 Å². The van der Waals surface area contributed by atoms with Crippen LogP contribution in [0.25, 0.3) is 0 Å². The van der Waals surface area contributed by atoms with Gasteiger partial charge < -0.3 is 5.11 Å². The summed E-state index contributed by atoms with van der Waals surface area (Å²) < 4.78 is 25.8. The summed E-state index contributed by atoms with van der Waals surface area (Å²) in [6.45, 7) is 1.74. The lowest BCUT2D eigenvalue weighted by Gasteiger charge is -2.06. The van der Waals surface area contributed by atoms with Crippen molar-refractivity contribution in [2.24, 2.45) is 11.8 Å². The largest absolute Gasteiger partial charge is 0.481 e. The maximum atomic E-state index is 11.9. The van der Waals surface area contributed by atoms with Crippen LogP contribution in [-0.4, -0.2) is 25.4 Å². The van der Waals surface area contributed by atoms with Crippen molar-refractivity contribution in [1.82, 2.24) is 4.72 Å². The quantitative estimate of drug-likeness (QED) is 0.839. The van der Waals surface area contributed by atoms with Gasteiger partial charge in [0.1, 0.15) is 0 Å². The molecule has 102 valence electrons. The Morgan fingerprint density at radius 3 is 2.53 bits per heavy atom. The molecular formula is C12H13NO5S. The van der Waals surface area contributed by atoms with Crippen molar-refractivity contribution in [3.8, 4) is 0 Å². The Kier molecular flexibility index (Phi) is 3.32. The predicted octanol–water partition coefficient (Wildman–Crippen LogP) is 0.521. The molecule has 6 nitrogen and oxygen atoms in total. The number of benzene rings is 1. The second kappa shape index (κ2) is 4.65. The van der Waals surface area contributed by atoms with Crippen LogP contribution < -0.4 is 4.72 Å². The molecule has 7 heteroatoms. The molecule has 0 bridgehead atoms. The van der Waals surface area contributed by atoms with Gasteiger partial charge in [-0.2, -0.15) is 0 Å². The number of rotatable bonds is 4. The van der Waals surface area contributed by atoms with E-state index in [-0.39, 0.29) is 11.3 Å². The van der Waals surface area contributed by atoms with E-state index in [1.165, 1.54) is 12.1 Å². The van der Waals surface area contributed by atoms with Gasteiger partial charge in [0.25, 0.3) is 10.0 Å². The van der Waals surface area contributed by atoms with E-state index in [4.69, 9.17) is 5.11 Å². The average Bonchev–Trinajstić information content (AvgIpc) is 3.08. The molecule has 19 heavy (non-hydrogen) atoms. The summed E-state index contributed by atoms with van der Waals surface area (Å²) in [5.74, 6) is -3.35. The number of aryl methyl sites for hydroxylation is 1. The Morgan fingerprint density at radius 2 is 2.00 bits per heavy atom. The van der Waals surface area contributed by atoms with Gasteiger partial charge in [0.2, 0.25) is 5.91 Å². The lowest BCUT2D eigenvalue weighted by atomic mass is 10.2. The van der Waals surface area contributed by atoms with Gasteiger partial charge in [-0.3, -0.25) is 9.59 Å². The van der Waals surface area contributed by atoms with E-state index in [2.05, 4.69) is 0 Å². The molecule has 0 heterocycles. The molecule has 0 unspecified atom stereocenters. The molecule has 2 N–H and O–H groups in total. The number of carbonyl (C=O) groups excluding carboxylic acids is 1. The van der Waals surface area contributed by atoms with Gasteiger partial charge in [0.15, 0.2) is 0 Å². The van der Waals surface area contributed by atoms with Crippen LogP contribution in [0.5, 0.6) is 0 Å². The summed E-state index contributed by atoms with van der Waals surface area (Å²) in [4.78, 5) is 22.3. The molecular weight excluding hydrogens is 270 g/mol. The lowest BCUT2D eigenvalue weighted by molar-refractivity contribution is -0.140. The Labute approximate surface area is 110 Å². The maximum Gasteiger partial charge on any atom is 0.307 e. The minimum Gasteiger partial charge on any atom is -0.481 e. The third kappa shape index (κ3) is 2.93. The van der Waals surface area contributed by atoms with Gasteiger partial charge in [0.05, 0.1) is 16.7 Å². The monoisotopic (exact) mass is 283 g/mol. The fourth-order valence-corrected chi connectivity index (χ4v) is 2.94. The van der Waals surface area contributed by atoms with Crippen LogP contribution in [0, 0.1) is 18.8 Å². The van der Waals surface area contributed by atoms with Crippen LogP contribution in [0.1, 0.15) is 12.0 Å². The second-order valence-electron chi connectivity index (χ2n) is 4.57. The fourth-order valence-electron chi connectivity index (χ4n) is 1.81. The molecule has 2 rings (SSSR count). The first-order valence-electron chi connectivity index (χ1n) is 5.67. The summed E-state index contributed by atoms with van der Waals surface area (Å²) in [5.41, 5.74) is 0.755. The van der Waals surface area contributed by atoms with Crippen LogP contribution in [-0.2, 0) is 19.6 Å². The van der Waals surface area contributed by atoms with Crippen molar-refractivity contribution in [3.05, 3.63) is 29.8 Å². The molecule has 1 saturated carbocycles. The third-order valence-corrected chi connectivity index (χ3v) is 4.32.